The molecule has 0 aromatic heterocycles. The first-order chi connectivity index (χ1) is 9.36. The van der Waals surface area contributed by atoms with E-state index in [4.69, 9.17) is 0 Å². The number of carbonyl (C=O) groups excluding carboxylic acids is 2. The molecule has 0 unspecified atom stereocenters. The second kappa shape index (κ2) is 6.57. The van der Waals surface area contributed by atoms with Gasteiger partial charge in [-0.1, -0.05) is 11.8 Å². The Morgan fingerprint density at radius 2 is 1.85 bits per heavy atom. The van der Waals surface area contributed by atoms with Gasteiger partial charge in [0.2, 0.25) is 5.78 Å². The van der Waals surface area contributed by atoms with Crippen LogP contribution in [-0.2, 0) is 9.59 Å². The van der Waals surface area contributed by atoms with E-state index >= 15 is 0 Å². The highest BCUT2D eigenvalue weighted by molar-refractivity contribution is 8.14. The molecule has 1 aromatic carbocycles. The second-order valence-electron chi connectivity index (χ2n) is 3.45. The molecule has 0 N–H and O–H groups in total. The van der Waals surface area contributed by atoms with Crippen molar-refractivity contribution < 1.29 is 19.4 Å². The zero-order chi connectivity index (χ0) is 15.3. The van der Waals surface area contributed by atoms with E-state index in [1.807, 2.05) is 0 Å². The number of benzene rings is 1. The van der Waals surface area contributed by atoms with E-state index in [9.17, 15) is 29.8 Å². The van der Waals surface area contributed by atoms with Gasteiger partial charge < -0.3 is 0 Å². The van der Waals surface area contributed by atoms with Crippen LogP contribution < -0.4 is 0 Å². The quantitative estimate of drug-likeness (QED) is 0.352. The molecule has 0 aliphatic carbocycles. The average molecular weight is 296 g/mol. The van der Waals surface area contributed by atoms with Crippen molar-refractivity contribution in [2.75, 3.05) is 6.26 Å². The van der Waals surface area contributed by atoms with Crippen molar-refractivity contribution in [1.29, 1.82) is 0 Å². The number of allylic oxidation sites excluding steroid dienone is 1. The van der Waals surface area contributed by atoms with E-state index in [0.717, 1.165) is 42.1 Å². The summed E-state index contributed by atoms with van der Waals surface area (Å²) in [6.45, 7) is 0. The lowest BCUT2D eigenvalue weighted by atomic mass is 10.1. The molecule has 0 amide bonds. The zero-order valence-electron chi connectivity index (χ0n) is 10.1. The standard InChI is InChI=1S/C11H8N2O6S/c1-20-11(15)10(14)5-3-7-2-4-8(12(16)17)6-9(7)13(18)19/h2-6H,1H3/b5-3+. The largest absolute Gasteiger partial charge is 0.285 e. The molecule has 0 aliphatic rings. The Morgan fingerprint density at radius 1 is 1.20 bits per heavy atom. The Labute approximate surface area is 116 Å². The molecule has 0 aliphatic heterocycles. The number of hydrogen-bond acceptors (Lipinski definition) is 7. The number of rotatable bonds is 5. The number of nitro benzene ring substituents is 2. The smallest absolute Gasteiger partial charge is 0.283 e. The Bertz CT molecular complexity index is 625. The van der Waals surface area contributed by atoms with Gasteiger partial charge in [0.1, 0.15) is 0 Å². The number of thioether (sulfide) groups is 1. The molecule has 20 heavy (non-hydrogen) atoms. The Hall–Kier alpha value is -2.55. The molecule has 0 spiro atoms. The van der Waals surface area contributed by atoms with E-state index in [1.54, 1.807) is 0 Å². The van der Waals surface area contributed by atoms with Crippen molar-refractivity contribution in [2.24, 2.45) is 0 Å². The second-order valence-corrected chi connectivity index (χ2v) is 4.23. The third kappa shape index (κ3) is 3.72. The molecule has 1 aromatic rings. The molecule has 0 saturated carbocycles. The number of carbonyl (C=O) groups is 2. The van der Waals surface area contributed by atoms with Gasteiger partial charge in [0.25, 0.3) is 16.5 Å². The van der Waals surface area contributed by atoms with Gasteiger partial charge in [0.05, 0.1) is 21.5 Å². The minimum Gasteiger partial charge on any atom is -0.285 e. The Kier molecular flexibility index (Phi) is 5.09. The topological polar surface area (TPSA) is 120 Å². The van der Waals surface area contributed by atoms with Crippen LogP contribution in [0.3, 0.4) is 0 Å². The van der Waals surface area contributed by atoms with Crippen molar-refractivity contribution in [3.63, 3.8) is 0 Å². The number of ketones is 1. The van der Waals surface area contributed by atoms with Crippen LogP contribution in [0.2, 0.25) is 0 Å². The first-order valence-electron chi connectivity index (χ1n) is 5.10. The Balaban J connectivity index is 3.15. The predicted octanol–water partition coefficient (Wildman–Crippen LogP) is 1.97. The van der Waals surface area contributed by atoms with Gasteiger partial charge in [-0.25, -0.2) is 0 Å². The van der Waals surface area contributed by atoms with Gasteiger partial charge in [-0.15, -0.1) is 0 Å². The molecule has 0 fully saturated rings. The lowest BCUT2D eigenvalue weighted by Crippen LogP contribution is -2.04. The monoisotopic (exact) mass is 296 g/mol. The SMILES string of the molecule is CSC(=O)C(=O)/C=C/c1ccc([N+](=O)[O-])cc1[N+](=O)[O-]. The van der Waals surface area contributed by atoms with Crippen molar-refractivity contribution in [3.8, 4) is 0 Å². The van der Waals surface area contributed by atoms with Gasteiger partial charge in [-0.2, -0.15) is 0 Å². The van der Waals surface area contributed by atoms with Crippen molar-refractivity contribution >= 4 is 40.1 Å². The zero-order valence-corrected chi connectivity index (χ0v) is 11.0. The first-order valence-corrected chi connectivity index (χ1v) is 6.32. The summed E-state index contributed by atoms with van der Waals surface area (Å²) in [7, 11) is 0. The van der Waals surface area contributed by atoms with Gasteiger partial charge >= 0.3 is 0 Å². The van der Waals surface area contributed by atoms with Crippen LogP contribution in [0.4, 0.5) is 11.4 Å². The lowest BCUT2D eigenvalue weighted by molar-refractivity contribution is -0.394. The summed E-state index contributed by atoms with van der Waals surface area (Å²) in [5.74, 6) is -0.815. The van der Waals surface area contributed by atoms with E-state index in [0.29, 0.717) is 0 Å². The van der Waals surface area contributed by atoms with Crippen LogP contribution in [0, 0.1) is 20.2 Å². The molecule has 8 nitrogen and oxygen atoms in total. The molecular formula is C11H8N2O6S. The maximum absolute atomic E-state index is 11.3. The van der Waals surface area contributed by atoms with Gasteiger partial charge in [-0.05, 0) is 24.5 Å². The van der Waals surface area contributed by atoms with Crippen LogP contribution >= 0.6 is 11.8 Å². The van der Waals surface area contributed by atoms with Crippen molar-refractivity contribution in [3.05, 3.63) is 50.1 Å². The summed E-state index contributed by atoms with van der Waals surface area (Å²) in [5, 5.41) is 20.7. The lowest BCUT2D eigenvalue weighted by Gasteiger charge is -1.97. The fourth-order valence-corrected chi connectivity index (χ4v) is 1.55. The van der Waals surface area contributed by atoms with Gasteiger partial charge in [0, 0.05) is 6.07 Å². The summed E-state index contributed by atoms with van der Waals surface area (Å²) < 4.78 is 0. The molecule has 0 bridgehead atoms. The molecule has 1 rings (SSSR count). The molecule has 0 atom stereocenters. The minimum absolute atomic E-state index is 0.00264. The summed E-state index contributed by atoms with van der Waals surface area (Å²) >= 11 is 0.722. The van der Waals surface area contributed by atoms with E-state index in [-0.39, 0.29) is 5.56 Å². The van der Waals surface area contributed by atoms with Crippen LogP contribution in [0.25, 0.3) is 6.08 Å². The van der Waals surface area contributed by atoms with E-state index < -0.39 is 32.1 Å². The third-order valence-corrected chi connectivity index (χ3v) is 2.79. The number of nitrogens with zero attached hydrogens (tertiary/aromatic N) is 2. The van der Waals surface area contributed by atoms with Gasteiger partial charge in [-0.3, -0.25) is 29.8 Å². The summed E-state index contributed by atoms with van der Waals surface area (Å²) in [5.41, 5.74) is -0.942. The summed E-state index contributed by atoms with van der Waals surface area (Å²) in [6, 6.07) is 3.01. The summed E-state index contributed by atoms with van der Waals surface area (Å²) in [6.07, 6.45) is 3.41. The van der Waals surface area contributed by atoms with E-state index in [2.05, 4.69) is 0 Å². The van der Waals surface area contributed by atoms with Crippen LogP contribution in [0.1, 0.15) is 5.56 Å². The number of nitro groups is 2. The number of non-ortho nitro benzene ring substituents is 1. The molecule has 0 radical (unpaired) electrons. The highest BCUT2D eigenvalue weighted by Crippen LogP contribution is 2.25. The first kappa shape index (κ1) is 15.5. The van der Waals surface area contributed by atoms with E-state index in [1.165, 1.54) is 6.26 Å². The maximum atomic E-state index is 11.3. The Morgan fingerprint density at radius 3 is 2.35 bits per heavy atom. The fourth-order valence-electron chi connectivity index (χ4n) is 1.28. The molecule has 104 valence electrons. The predicted molar refractivity (Wildman–Crippen MR) is 72.3 cm³/mol. The van der Waals surface area contributed by atoms with Crippen LogP contribution in [0.5, 0.6) is 0 Å². The minimum atomic E-state index is -0.815. The molecule has 0 heterocycles. The normalized spacial score (nSPS) is 10.4. The molecular weight excluding hydrogens is 288 g/mol. The van der Waals surface area contributed by atoms with Crippen LogP contribution in [-0.4, -0.2) is 27.0 Å². The number of hydrogen-bond donors (Lipinski definition) is 0. The van der Waals surface area contributed by atoms with Crippen molar-refractivity contribution in [1.82, 2.24) is 0 Å². The fraction of sp³-hybridized carbons (Fsp3) is 0.0909. The summed E-state index contributed by atoms with van der Waals surface area (Å²) in [4.78, 5) is 42.1. The average Bonchev–Trinajstić information content (AvgIpc) is 2.43. The van der Waals surface area contributed by atoms with Gasteiger partial charge in [0.15, 0.2) is 0 Å². The maximum Gasteiger partial charge on any atom is 0.283 e. The third-order valence-electron chi connectivity index (χ3n) is 2.22. The molecule has 9 heteroatoms. The molecule has 0 saturated heterocycles. The van der Waals surface area contributed by atoms with Crippen molar-refractivity contribution in [2.45, 2.75) is 0 Å². The van der Waals surface area contributed by atoms with Crippen LogP contribution in [0.15, 0.2) is 24.3 Å². The highest BCUT2D eigenvalue weighted by Gasteiger charge is 2.18. The highest BCUT2D eigenvalue weighted by atomic mass is 32.2.